The summed E-state index contributed by atoms with van der Waals surface area (Å²) >= 11 is 0. The van der Waals surface area contributed by atoms with Gasteiger partial charge in [-0.05, 0) is 48.2 Å². The summed E-state index contributed by atoms with van der Waals surface area (Å²) in [6, 6.07) is 12.8. The standard InChI is InChI=1S/C18H25N3/c1-4-6-16-11-15(13-19)12-18(20-16)21(3)17-9-7-14(5-2)8-10-17/h7-12H,4-6,13,19H2,1-3H3. The van der Waals surface area contributed by atoms with Gasteiger partial charge in [0.15, 0.2) is 0 Å². The van der Waals surface area contributed by atoms with E-state index in [-0.39, 0.29) is 0 Å². The average Bonchev–Trinajstić information content (AvgIpc) is 2.54. The highest BCUT2D eigenvalue weighted by atomic mass is 15.2. The van der Waals surface area contributed by atoms with Gasteiger partial charge in [0, 0.05) is 25.0 Å². The lowest BCUT2D eigenvalue weighted by Crippen LogP contribution is -2.13. The molecule has 0 radical (unpaired) electrons. The van der Waals surface area contributed by atoms with Gasteiger partial charge in [-0.3, -0.25) is 0 Å². The summed E-state index contributed by atoms with van der Waals surface area (Å²) in [5.41, 5.74) is 10.6. The molecule has 2 aromatic rings. The van der Waals surface area contributed by atoms with E-state index >= 15 is 0 Å². The van der Waals surface area contributed by atoms with Crippen LogP contribution in [-0.2, 0) is 19.4 Å². The van der Waals surface area contributed by atoms with Crippen LogP contribution in [0.5, 0.6) is 0 Å². The summed E-state index contributed by atoms with van der Waals surface area (Å²) in [7, 11) is 2.05. The summed E-state index contributed by atoms with van der Waals surface area (Å²) in [4.78, 5) is 6.88. The molecule has 2 N–H and O–H groups in total. The summed E-state index contributed by atoms with van der Waals surface area (Å²) in [5.74, 6) is 0.964. The van der Waals surface area contributed by atoms with Crippen molar-refractivity contribution in [2.45, 2.75) is 39.7 Å². The van der Waals surface area contributed by atoms with E-state index in [1.165, 1.54) is 5.56 Å². The Bertz CT molecular complexity index is 576. The SMILES string of the molecule is CCCc1cc(CN)cc(N(C)c2ccc(CC)cc2)n1. The Morgan fingerprint density at radius 1 is 1.05 bits per heavy atom. The van der Waals surface area contributed by atoms with E-state index in [9.17, 15) is 0 Å². The molecule has 1 heterocycles. The number of aryl methyl sites for hydroxylation is 2. The van der Waals surface area contributed by atoms with Crippen LogP contribution in [0.3, 0.4) is 0 Å². The van der Waals surface area contributed by atoms with Crippen molar-refractivity contribution in [2.75, 3.05) is 11.9 Å². The molecule has 3 nitrogen and oxygen atoms in total. The van der Waals surface area contributed by atoms with Gasteiger partial charge >= 0.3 is 0 Å². The molecule has 1 aromatic heterocycles. The summed E-state index contributed by atoms with van der Waals surface area (Å²) in [6.45, 7) is 4.89. The predicted octanol–water partition coefficient (Wildman–Crippen LogP) is 3.82. The van der Waals surface area contributed by atoms with Crippen LogP contribution >= 0.6 is 0 Å². The third-order valence-electron chi connectivity index (χ3n) is 3.74. The minimum Gasteiger partial charge on any atom is -0.329 e. The Morgan fingerprint density at radius 2 is 1.76 bits per heavy atom. The Hall–Kier alpha value is -1.87. The first-order valence-corrected chi connectivity index (χ1v) is 7.70. The minimum absolute atomic E-state index is 0.550. The van der Waals surface area contributed by atoms with Crippen molar-refractivity contribution >= 4 is 11.5 Å². The van der Waals surface area contributed by atoms with E-state index in [2.05, 4.69) is 62.2 Å². The highest BCUT2D eigenvalue weighted by Gasteiger charge is 2.08. The Labute approximate surface area is 127 Å². The van der Waals surface area contributed by atoms with Crippen molar-refractivity contribution in [3.63, 3.8) is 0 Å². The summed E-state index contributed by atoms with van der Waals surface area (Å²) in [5, 5.41) is 0. The van der Waals surface area contributed by atoms with Gasteiger partial charge < -0.3 is 10.6 Å². The third-order valence-corrected chi connectivity index (χ3v) is 3.74. The van der Waals surface area contributed by atoms with E-state index in [4.69, 9.17) is 10.7 Å². The maximum atomic E-state index is 5.81. The molecular formula is C18H25N3. The van der Waals surface area contributed by atoms with Gasteiger partial charge in [0.1, 0.15) is 5.82 Å². The first-order valence-electron chi connectivity index (χ1n) is 7.70. The molecule has 0 amide bonds. The number of nitrogens with zero attached hydrogens (tertiary/aromatic N) is 2. The number of anilines is 2. The van der Waals surface area contributed by atoms with Crippen molar-refractivity contribution in [2.24, 2.45) is 5.73 Å². The monoisotopic (exact) mass is 283 g/mol. The summed E-state index contributed by atoms with van der Waals surface area (Å²) in [6.07, 6.45) is 3.14. The van der Waals surface area contributed by atoms with Crippen molar-refractivity contribution in [1.29, 1.82) is 0 Å². The molecule has 0 bridgehead atoms. The molecule has 0 aliphatic carbocycles. The van der Waals surface area contributed by atoms with Crippen molar-refractivity contribution < 1.29 is 0 Å². The zero-order valence-corrected chi connectivity index (χ0v) is 13.3. The molecule has 0 atom stereocenters. The number of nitrogens with two attached hydrogens (primary N) is 1. The van der Waals surface area contributed by atoms with Crippen LogP contribution in [0.15, 0.2) is 36.4 Å². The molecule has 0 aliphatic rings. The van der Waals surface area contributed by atoms with Gasteiger partial charge in [0.05, 0.1) is 0 Å². The number of benzene rings is 1. The molecule has 21 heavy (non-hydrogen) atoms. The Balaban J connectivity index is 2.31. The molecule has 1 aromatic carbocycles. The molecule has 3 heteroatoms. The summed E-state index contributed by atoms with van der Waals surface area (Å²) < 4.78 is 0. The Morgan fingerprint density at radius 3 is 2.33 bits per heavy atom. The topological polar surface area (TPSA) is 42.1 Å². The highest BCUT2D eigenvalue weighted by Crippen LogP contribution is 2.24. The molecule has 0 unspecified atom stereocenters. The first-order chi connectivity index (χ1) is 10.2. The fourth-order valence-corrected chi connectivity index (χ4v) is 2.39. The lowest BCUT2D eigenvalue weighted by atomic mass is 10.1. The van der Waals surface area contributed by atoms with Gasteiger partial charge in [0.25, 0.3) is 0 Å². The molecule has 0 fully saturated rings. The zero-order chi connectivity index (χ0) is 15.2. The minimum atomic E-state index is 0.550. The van der Waals surface area contributed by atoms with Crippen LogP contribution < -0.4 is 10.6 Å². The smallest absolute Gasteiger partial charge is 0.133 e. The van der Waals surface area contributed by atoms with Crippen LogP contribution in [0, 0.1) is 0 Å². The second kappa shape index (κ2) is 7.23. The first kappa shape index (κ1) is 15.5. The van der Waals surface area contributed by atoms with Crippen molar-refractivity contribution in [1.82, 2.24) is 4.98 Å². The maximum Gasteiger partial charge on any atom is 0.133 e. The van der Waals surface area contributed by atoms with E-state index in [0.717, 1.165) is 42.0 Å². The normalized spacial score (nSPS) is 10.7. The predicted molar refractivity (Wildman–Crippen MR) is 90.0 cm³/mol. The third kappa shape index (κ3) is 3.82. The van der Waals surface area contributed by atoms with Crippen LogP contribution in [-0.4, -0.2) is 12.0 Å². The zero-order valence-electron chi connectivity index (χ0n) is 13.3. The van der Waals surface area contributed by atoms with E-state index in [0.29, 0.717) is 6.54 Å². The second-order valence-electron chi connectivity index (χ2n) is 5.36. The van der Waals surface area contributed by atoms with E-state index < -0.39 is 0 Å². The van der Waals surface area contributed by atoms with Crippen molar-refractivity contribution in [3.05, 3.63) is 53.2 Å². The number of hydrogen-bond donors (Lipinski definition) is 1. The van der Waals surface area contributed by atoms with Gasteiger partial charge in [-0.2, -0.15) is 0 Å². The van der Waals surface area contributed by atoms with Crippen molar-refractivity contribution in [3.8, 4) is 0 Å². The number of aromatic nitrogens is 1. The second-order valence-corrected chi connectivity index (χ2v) is 5.36. The number of hydrogen-bond acceptors (Lipinski definition) is 3. The Kier molecular flexibility index (Phi) is 5.34. The van der Waals surface area contributed by atoms with Gasteiger partial charge in [0.2, 0.25) is 0 Å². The average molecular weight is 283 g/mol. The lowest BCUT2D eigenvalue weighted by molar-refractivity contribution is 0.870. The van der Waals surface area contributed by atoms with Gasteiger partial charge in [-0.1, -0.05) is 32.4 Å². The van der Waals surface area contributed by atoms with Crippen LogP contribution in [0.2, 0.25) is 0 Å². The van der Waals surface area contributed by atoms with Crippen LogP contribution in [0.25, 0.3) is 0 Å². The molecular weight excluding hydrogens is 258 g/mol. The largest absolute Gasteiger partial charge is 0.329 e. The molecule has 0 saturated carbocycles. The highest BCUT2D eigenvalue weighted by molar-refractivity contribution is 5.60. The maximum absolute atomic E-state index is 5.81. The van der Waals surface area contributed by atoms with Gasteiger partial charge in [-0.15, -0.1) is 0 Å². The fraction of sp³-hybridized carbons (Fsp3) is 0.389. The van der Waals surface area contributed by atoms with E-state index in [1.807, 2.05) is 0 Å². The molecule has 112 valence electrons. The van der Waals surface area contributed by atoms with E-state index in [1.54, 1.807) is 0 Å². The fourth-order valence-electron chi connectivity index (χ4n) is 2.39. The molecule has 0 spiro atoms. The lowest BCUT2D eigenvalue weighted by Gasteiger charge is -2.20. The molecule has 0 aliphatic heterocycles. The molecule has 0 saturated heterocycles. The number of pyridine rings is 1. The van der Waals surface area contributed by atoms with Crippen LogP contribution in [0.1, 0.15) is 37.1 Å². The van der Waals surface area contributed by atoms with Gasteiger partial charge in [-0.25, -0.2) is 4.98 Å². The number of rotatable bonds is 6. The quantitative estimate of drug-likeness (QED) is 0.876. The molecule has 2 rings (SSSR count). The van der Waals surface area contributed by atoms with Crippen LogP contribution in [0.4, 0.5) is 11.5 Å².